The number of aliphatic hydroxyl groups is 1. The van der Waals surface area contributed by atoms with E-state index >= 15 is 0 Å². The van der Waals surface area contributed by atoms with Crippen LogP contribution in [0.4, 0.5) is 11.8 Å². The van der Waals surface area contributed by atoms with Gasteiger partial charge in [0.2, 0.25) is 5.95 Å². The number of rotatable bonds is 4. The molecule has 1 aromatic carbocycles. The van der Waals surface area contributed by atoms with Crippen LogP contribution < -0.4 is 19.3 Å². The Balaban J connectivity index is 1.87. The van der Waals surface area contributed by atoms with Gasteiger partial charge in [0.25, 0.3) is 0 Å². The zero-order chi connectivity index (χ0) is 18.1. The van der Waals surface area contributed by atoms with Gasteiger partial charge in [-0.3, -0.25) is 0 Å². The molecule has 3 heterocycles. The van der Waals surface area contributed by atoms with Crippen LogP contribution in [0.3, 0.4) is 0 Å². The average Bonchev–Trinajstić information content (AvgIpc) is 3.20. The van der Waals surface area contributed by atoms with Crippen molar-refractivity contribution >= 4 is 22.7 Å². The molecule has 0 aliphatic carbocycles. The van der Waals surface area contributed by atoms with Gasteiger partial charge in [-0.05, 0) is 31.7 Å². The largest absolute Gasteiger partial charge is 0.493 e. The number of hydrogen-bond acceptors (Lipinski definition) is 7. The second kappa shape index (κ2) is 7.15. The Morgan fingerprint density at radius 1 is 0.962 bits per heavy atom. The Hall–Kier alpha value is -2.28. The van der Waals surface area contributed by atoms with E-state index in [1.807, 2.05) is 12.1 Å². The normalized spacial score (nSPS) is 20.7. The predicted molar refractivity (Wildman–Crippen MR) is 102 cm³/mol. The molecule has 1 aromatic heterocycles. The van der Waals surface area contributed by atoms with Crippen molar-refractivity contribution in [3.63, 3.8) is 0 Å². The van der Waals surface area contributed by atoms with Crippen molar-refractivity contribution in [2.75, 3.05) is 50.2 Å². The van der Waals surface area contributed by atoms with Crippen LogP contribution in [0.1, 0.15) is 25.7 Å². The first-order valence-electron chi connectivity index (χ1n) is 9.31. The highest BCUT2D eigenvalue weighted by molar-refractivity contribution is 5.93. The number of anilines is 2. The lowest BCUT2D eigenvalue weighted by atomic mass is 10.1. The minimum atomic E-state index is -0.316. The second-order valence-corrected chi connectivity index (χ2v) is 7.01. The van der Waals surface area contributed by atoms with Gasteiger partial charge in [-0.15, -0.1) is 0 Å². The number of aliphatic hydroxyl groups excluding tert-OH is 1. The molecule has 7 heteroatoms. The molecule has 2 aliphatic heterocycles. The van der Waals surface area contributed by atoms with Gasteiger partial charge in [-0.25, -0.2) is 4.98 Å². The van der Waals surface area contributed by atoms with Crippen LogP contribution in [0.2, 0.25) is 0 Å². The molecule has 0 spiro atoms. The van der Waals surface area contributed by atoms with Crippen LogP contribution in [-0.2, 0) is 0 Å². The Bertz CT molecular complexity index is 792. The number of nitrogens with zero attached hydrogens (tertiary/aromatic N) is 4. The summed E-state index contributed by atoms with van der Waals surface area (Å²) in [7, 11) is 3.27. The summed E-state index contributed by atoms with van der Waals surface area (Å²) in [6.45, 7) is 3.46. The van der Waals surface area contributed by atoms with Crippen molar-refractivity contribution < 1.29 is 14.6 Å². The molecule has 0 amide bonds. The van der Waals surface area contributed by atoms with Crippen LogP contribution >= 0.6 is 0 Å². The van der Waals surface area contributed by atoms with Crippen LogP contribution in [-0.4, -0.2) is 61.6 Å². The first kappa shape index (κ1) is 17.1. The fraction of sp³-hybridized carbons (Fsp3) is 0.579. The maximum absolute atomic E-state index is 10.1. The molecule has 4 rings (SSSR count). The van der Waals surface area contributed by atoms with Gasteiger partial charge in [0.1, 0.15) is 5.82 Å². The first-order chi connectivity index (χ1) is 12.7. The Kier molecular flexibility index (Phi) is 4.72. The standard InChI is InChI=1S/C19H26N4O3/c1-25-16-10-14-15(11-17(16)26-2)20-19(22-7-3-4-8-22)21-18(14)23-9-5-6-13(24)12-23/h10-11,13,24H,3-9,12H2,1-2H3. The summed E-state index contributed by atoms with van der Waals surface area (Å²) >= 11 is 0. The molecule has 7 nitrogen and oxygen atoms in total. The molecule has 1 atom stereocenters. The molecular weight excluding hydrogens is 332 g/mol. The number of fused-ring (bicyclic) bond motifs is 1. The summed E-state index contributed by atoms with van der Waals surface area (Å²) in [4.78, 5) is 14.1. The SMILES string of the molecule is COc1cc2nc(N3CCCC3)nc(N3CCCC(O)C3)c2cc1OC. The summed E-state index contributed by atoms with van der Waals surface area (Å²) in [6.07, 6.45) is 3.83. The molecule has 2 fully saturated rings. The van der Waals surface area contributed by atoms with E-state index in [0.717, 1.165) is 55.1 Å². The van der Waals surface area contributed by atoms with E-state index < -0.39 is 0 Å². The molecule has 2 aromatic rings. The molecule has 2 saturated heterocycles. The van der Waals surface area contributed by atoms with Crippen molar-refractivity contribution in [1.29, 1.82) is 0 Å². The fourth-order valence-corrected chi connectivity index (χ4v) is 3.87. The molecule has 26 heavy (non-hydrogen) atoms. The smallest absolute Gasteiger partial charge is 0.227 e. The number of ether oxygens (including phenoxy) is 2. The minimum Gasteiger partial charge on any atom is -0.493 e. The molecule has 0 saturated carbocycles. The van der Waals surface area contributed by atoms with E-state index in [2.05, 4.69) is 9.80 Å². The lowest BCUT2D eigenvalue weighted by Gasteiger charge is -2.32. The third-order valence-electron chi connectivity index (χ3n) is 5.25. The lowest BCUT2D eigenvalue weighted by molar-refractivity contribution is 0.154. The van der Waals surface area contributed by atoms with Crippen molar-refractivity contribution in [2.24, 2.45) is 0 Å². The van der Waals surface area contributed by atoms with Gasteiger partial charge < -0.3 is 24.4 Å². The Labute approximate surface area is 153 Å². The highest BCUT2D eigenvalue weighted by atomic mass is 16.5. The van der Waals surface area contributed by atoms with E-state index in [-0.39, 0.29) is 6.10 Å². The average molecular weight is 358 g/mol. The highest BCUT2D eigenvalue weighted by Crippen LogP contribution is 2.37. The molecule has 1 N–H and O–H groups in total. The van der Waals surface area contributed by atoms with Crippen molar-refractivity contribution in [3.8, 4) is 11.5 Å². The van der Waals surface area contributed by atoms with Crippen LogP contribution in [0.15, 0.2) is 12.1 Å². The molecular formula is C19H26N4O3. The minimum absolute atomic E-state index is 0.316. The Morgan fingerprint density at radius 3 is 2.35 bits per heavy atom. The van der Waals surface area contributed by atoms with Gasteiger partial charge in [0.05, 0.1) is 25.8 Å². The van der Waals surface area contributed by atoms with Crippen molar-refractivity contribution in [2.45, 2.75) is 31.8 Å². The molecule has 0 bridgehead atoms. The third kappa shape index (κ3) is 3.11. The summed E-state index contributed by atoms with van der Waals surface area (Å²) in [5, 5.41) is 11.1. The van der Waals surface area contributed by atoms with Gasteiger partial charge >= 0.3 is 0 Å². The van der Waals surface area contributed by atoms with E-state index in [1.165, 1.54) is 12.8 Å². The van der Waals surface area contributed by atoms with Crippen LogP contribution in [0, 0.1) is 0 Å². The number of hydrogen-bond donors (Lipinski definition) is 1. The number of benzene rings is 1. The topological polar surface area (TPSA) is 71.0 Å². The predicted octanol–water partition coefficient (Wildman–Crippen LogP) is 2.21. The monoisotopic (exact) mass is 358 g/mol. The van der Waals surface area contributed by atoms with E-state index in [1.54, 1.807) is 14.2 Å². The summed E-state index contributed by atoms with van der Waals surface area (Å²) in [5.41, 5.74) is 0.842. The van der Waals surface area contributed by atoms with Gasteiger partial charge in [0, 0.05) is 37.6 Å². The Morgan fingerprint density at radius 2 is 1.65 bits per heavy atom. The van der Waals surface area contributed by atoms with Gasteiger partial charge in [0.15, 0.2) is 11.5 Å². The van der Waals surface area contributed by atoms with Crippen LogP contribution in [0.5, 0.6) is 11.5 Å². The van der Waals surface area contributed by atoms with Crippen molar-refractivity contribution in [3.05, 3.63) is 12.1 Å². The molecule has 2 aliphatic rings. The number of piperidine rings is 1. The van der Waals surface area contributed by atoms with E-state index in [4.69, 9.17) is 19.4 Å². The first-order valence-corrected chi connectivity index (χ1v) is 9.31. The maximum Gasteiger partial charge on any atom is 0.227 e. The fourth-order valence-electron chi connectivity index (χ4n) is 3.87. The summed E-state index contributed by atoms with van der Waals surface area (Å²) < 4.78 is 10.9. The van der Waals surface area contributed by atoms with Gasteiger partial charge in [-0.1, -0.05) is 0 Å². The zero-order valence-corrected chi connectivity index (χ0v) is 15.4. The molecule has 1 unspecified atom stereocenters. The quantitative estimate of drug-likeness (QED) is 0.898. The summed E-state index contributed by atoms with van der Waals surface area (Å²) in [6, 6.07) is 3.86. The van der Waals surface area contributed by atoms with E-state index in [0.29, 0.717) is 18.0 Å². The number of methoxy groups -OCH3 is 2. The molecule has 0 radical (unpaired) electrons. The van der Waals surface area contributed by atoms with E-state index in [9.17, 15) is 5.11 Å². The third-order valence-corrected chi connectivity index (χ3v) is 5.25. The maximum atomic E-state index is 10.1. The lowest BCUT2D eigenvalue weighted by Crippen LogP contribution is -2.39. The summed E-state index contributed by atoms with van der Waals surface area (Å²) in [5.74, 6) is 2.96. The second-order valence-electron chi connectivity index (χ2n) is 7.01. The zero-order valence-electron chi connectivity index (χ0n) is 15.4. The number of aromatic nitrogens is 2. The number of β-amino-alcohol motifs (C(OH)–C–C–N with tert-alkyl or cyclic N) is 1. The van der Waals surface area contributed by atoms with Crippen molar-refractivity contribution in [1.82, 2.24) is 9.97 Å². The van der Waals surface area contributed by atoms with Crippen LogP contribution in [0.25, 0.3) is 10.9 Å². The molecule has 140 valence electrons. The van der Waals surface area contributed by atoms with Gasteiger partial charge in [-0.2, -0.15) is 4.98 Å². The highest BCUT2D eigenvalue weighted by Gasteiger charge is 2.25.